The van der Waals surface area contributed by atoms with Crippen molar-refractivity contribution in [2.75, 3.05) is 0 Å². The first-order valence-corrected chi connectivity index (χ1v) is 28.0. The second-order valence-corrected chi connectivity index (χ2v) is 20.2. The molecule has 0 aliphatic heterocycles. The summed E-state index contributed by atoms with van der Waals surface area (Å²) in [6.45, 7) is 30.0. The molecule has 0 nitrogen and oxygen atoms in total. The fraction of sp³-hybridized carbons (Fsp3) is 0.273. The van der Waals surface area contributed by atoms with Gasteiger partial charge in [0, 0.05) is 0 Å². The van der Waals surface area contributed by atoms with Crippen LogP contribution in [0.25, 0.3) is 39.0 Å². The molecule has 1 aliphatic carbocycles. The number of terminal acetylenes is 1. The molecule has 402 valence electrons. The minimum atomic E-state index is 0.668. The largest absolute Gasteiger partial charge is 0.124 e. The molecule has 1 aliphatic rings. The molecule has 0 N–H and O–H groups in total. The normalized spacial score (nSPS) is 11.8. The number of rotatable bonds is 11. The molecule has 0 heteroatoms. The maximum Gasteiger partial charge on any atom is -0.0184 e. The van der Waals surface area contributed by atoms with Gasteiger partial charge in [0.05, 0.1) is 0 Å². The minimum Gasteiger partial charge on any atom is -0.124 e. The highest BCUT2D eigenvalue weighted by atomic mass is 14.1. The standard InChI is InChI=1S/C18H26.C14H14.C14H18.C13H14.C13H12.C3H8.C2H2/c1-5-8-17-11-13-18(14-12-17)16(4)10-7-9-15(3)6-2;1-11-3-7-13(8-4-11)14-9-5-12(2)6-10-14;1-11(2)5-8-13(4)14-9-6-12(3)7-10-14;2*1-11-7-9-13(10-8-11)12-5-3-2-4-6-12;1-3-2;1-2/h7,9-15H,5-6,8H2,1-4H3;3-10H,1-2H3;5-10H,1-4H3;3,5-10H,2,4H2,1H3;2-10H,1H3;3H2,1-2H3;1-2H/b9-7-,16-10+;;13-8+;;;;. The van der Waals surface area contributed by atoms with Gasteiger partial charge in [-0.2, -0.15) is 0 Å². The molecule has 7 aromatic carbocycles. The van der Waals surface area contributed by atoms with E-state index >= 15 is 0 Å². The molecular formula is C77H94. The van der Waals surface area contributed by atoms with Crippen LogP contribution in [0, 0.1) is 53.4 Å². The lowest BCUT2D eigenvalue weighted by Crippen LogP contribution is -1.85. The summed E-state index contributed by atoms with van der Waals surface area (Å²) in [5.41, 5.74) is 22.4. The van der Waals surface area contributed by atoms with Gasteiger partial charge in [0.15, 0.2) is 0 Å². The Balaban J connectivity index is 0.000000323. The second-order valence-electron chi connectivity index (χ2n) is 20.2. The van der Waals surface area contributed by atoms with Crippen LogP contribution in [-0.4, -0.2) is 0 Å². The smallest absolute Gasteiger partial charge is 0.0184 e. The minimum absolute atomic E-state index is 0.668. The van der Waals surface area contributed by atoms with Crippen LogP contribution >= 0.6 is 0 Å². The maximum absolute atomic E-state index is 4.00. The van der Waals surface area contributed by atoms with Gasteiger partial charge in [0.1, 0.15) is 0 Å². The predicted molar refractivity (Wildman–Crippen MR) is 348 cm³/mol. The monoisotopic (exact) mass is 1020 g/mol. The van der Waals surface area contributed by atoms with Crippen molar-refractivity contribution in [1.29, 1.82) is 0 Å². The van der Waals surface area contributed by atoms with Crippen LogP contribution in [-0.2, 0) is 6.42 Å². The predicted octanol–water partition coefficient (Wildman–Crippen LogP) is 23.0. The average Bonchev–Trinajstić information content (AvgIpc) is 3.45. The lowest BCUT2D eigenvalue weighted by atomic mass is 9.99. The fourth-order valence-electron chi connectivity index (χ4n) is 7.49. The van der Waals surface area contributed by atoms with Gasteiger partial charge in [0.25, 0.3) is 0 Å². The Bertz CT molecular complexity index is 2800. The zero-order valence-electron chi connectivity index (χ0n) is 49.8. The topological polar surface area (TPSA) is 0 Å². The number of hydrogen-bond donors (Lipinski definition) is 0. The van der Waals surface area contributed by atoms with Crippen molar-refractivity contribution in [3.8, 4) is 35.1 Å². The lowest BCUT2D eigenvalue weighted by molar-refractivity contribution is 0.698. The van der Waals surface area contributed by atoms with Crippen molar-refractivity contribution >= 4 is 16.7 Å². The zero-order chi connectivity index (χ0) is 56.8. The van der Waals surface area contributed by atoms with Crippen LogP contribution in [0.3, 0.4) is 0 Å². The average molecular weight is 1020 g/mol. The van der Waals surface area contributed by atoms with Crippen LogP contribution in [0.15, 0.2) is 230 Å². The van der Waals surface area contributed by atoms with Crippen molar-refractivity contribution in [2.45, 2.75) is 135 Å². The summed E-state index contributed by atoms with van der Waals surface area (Å²) in [7, 11) is 0. The number of allylic oxidation sites excluding steroid dienone is 12. The molecular weight excluding hydrogens is 925 g/mol. The quantitative estimate of drug-likeness (QED) is 0.0895. The van der Waals surface area contributed by atoms with E-state index in [9.17, 15) is 0 Å². The molecule has 8 rings (SSSR count). The molecule has 0 saturated carbocycles. The van der Waals surface area contributed by atoms with E-state index in [0.717, 1.165) is 0 Å². The summed E-state index contributed by atoms with van der Waals surface area (Å²) in [5, 5.41) is 0. The van der Waals surface area contributed by atoms with E-state index in [2.05, 4.69) is 328 Å². The van der Waals surface area contributed by atoms with Crippen molar-refractivity contribution in [3.63, 3.8) is 0 Å². The van der Waals surface area contributed by atoms with Gasteiger partial charge < -0.3 is 0 Å². The maximum atomic E-state index is 4.00. The summed E-state index contributed by atoms with van der Waals surface area (Å²) in [5.74, 6) is 0.668. The summed E-state index contributed by atoms with van der Waals surface area (Å²) < 4.78 is 0. The lowest BCUT2D eigenvalue weighted by Gasteiger charge is -2.06. The highest BCUT2D eigenvalue weighted by Crippen LogP contribution is 2.23. The Morgan fingerprint density at radius 2 is 0.831 bits per heavy atom. The summed E-state index contributed by atoms with van der Waals surface area (Å²) in [4.78, 5) is 0. The van der Waals surface area contributed by atoms with E-state index < -0.39 is 0 Å². The fourth-order valence-corrected chi connectivity index (χ4v) is 7.49. The molecule has 77 heavy (non-hydrogen) atoms. The van der Waals surface area contributed by atoms with E-state index in [1.165, 1.54) is 133 Å². The summed E-state index contributed by atoms with van der Waals surface area (Å²) >= 11 is 0. The molecule has 1 atom stereocenters. The van der Waals surface area contributed by atoms with Gasteiger partial charge in [-0.3, -0.25) is 0 Å². The highest BCUT2D eigenvalue weighted by Gasteiger charge is 2.01. The number of benzene rings is 7. The molecule has 0 spiro atoms. The van der Waals surface area contributed by atoms with E-state index in [1.54, 1.807) is 0 Å². The van der Waals surface area contributed by atoms with Crippen molar-refractivity contribution in [3.05, 3.63) is 280 Å². The van der Waals surface area contributed by atoms with Gasteiger partial charge in [-0.25, -0.2) is 0 Å². The molecule has 0 heterocycles. The van der Waals surface area contributed by atoms with Crippen LogP contribution in [0.1, 0.15) is 144 Å². The molecule has 0 radical (unpaired) electrons. The number of aryl methyl sites for hydroxylation is 6. The Morgan fingerprint density at radius 3 is 1.21 bits per heavy atom. The van der Waals surface area contributed by atoms with Crippen molar-refractivity contribution in [2.24, 2.45) is 5.92 Å². The Morgan fingerprint density at radius 1 is 0.455 bits per heavy atom. The van der Waals surface area contributed by atoms with E-state index in [1.807, 2.05) is 6.07 Å². The third-order valence-electron chi connectivity index (χ3n) is 12.5. The molecule has 0 bridgehead atoms. The molecule has 7 aromatic rings. The summed E-state index contributed by atoms with van der Waals surface area (Å²) in [6.07, 6.45) is 33.0. The SMILES string of the molecule is C#C.CC(C)=C/C=C(\C)c1ccc(C)cc1.CCC.CCCc1ccc(/C(C)=C/C=C\C(C)CC)cc1.Cc1ccc(-c2ccc(C)cc2)cc1.Cc1ccc(-c2ccccc2)cc1.Cc1ccc(C2=CCCC=C2)cc1. The van der Waals surface area contributed by atoms with Crippen LogP contribution in [0.5, 0.6) is 0 Å². The van der Waals surface area contributed by atoms with Gasteiger partial charge in [-0.1, -0.05) is 312 Å². The Hall–Kier alpha value is -7.46. The molecule has 1 unspecified atom stereocenters. The van der Waals surface area contributed by atoms with Gasteiger partial charge in [-0.05, 0) is 149 Å². The van der Waals surface area contributed by atoms with E-state index in [0.29, 0.717) is 5.92 Å². The van der Waals surface area contributed by atoms with Crippen LogP contribution < -0.4 is 0 Å². The van der Waals surface area contributed by atoms with Gasteiger partial charge in [0.2, 0.25) is 0 Å². The Kier molecular flexibility index (Phi) is 33.3. The first kappa shape index (κ1) is 65.7. The number of hydrogen-bond acceptors (Lipinski definition) is 0. The Labute approximate surface area is 470 Å². The molecule has 0 amide bonds. The zero-order valence-corrected chi connectivity index (χ0v) is 49.8. The third-order valence-corrected chi connectivity index (χ3v) is 12.5. The van der Waals surface area contributed by atoms with E-state index in [4.69, 9.17) is 0 Å². The first-order chi connectivity index (χ1) is 37.1. The first-order valence-electron chi connectivity index (χ1n) is 28.0. The van der Waals surface area contributed by atoms with Crippen LogP contribution in [0.4, 0.5) is 0 Å². The molecule has 0 aromatic heterocycles. The third kappa shape index (κ3) is 27.8. The van der Waals surface area contributed by atoms with E-state index in [-0.39, 0.29) is 0 Å². The van der Waals surface area contributed by atoms with Crippen molar-refractivity contribution in [1.82, 2.24) is 0 Å². The molecule has 0 fully saturated rings. The highest BCUT2D eigenvalue weighted by molar-refractivity contribution is 5.75. The second kappa shape index (κ2) is 39.0. The molecule has 0 saturated heterocycles. The summed E-state index contributed by atoms with van der Waals surface area (Å²) in [6, 6.07) is 62.6. The van der Waals surface area contributed by atoms with Gasteiger partial charge >= 0.3 is 0 Å². The van der Waals surface area contributed by atoms with Crippen molar-refractivity contribution < 1.29 is 0 Å². The van der Waals surface area contributed by atoms with Gasteiger partial charge in [-0.15, -0.1) is 12.8 Å². The van der Waals surface area contributed by atoms with Crippen LogP contribution in [0.2, 0.25) is 0 Å².